The number of benzene rings is 3. The first-order valence-electron chi connectivity index (χ1n) is 10.6. The van der Waals surface area contributed by atoms with Crippen LogP contribution >= 0.6 is 0 Å². The molecule has 0 unspecified atom stereocenters. The van der Waals surface area contributed by atoms with E-state index < -0.39 is 5.97 Å². The van der Waals surface area contributed by atoms with Crippen LogP contribution in [0.25, 0.3) is 16.8 Å². The number of rotatable bonds is 3. The maximum atomic E-state index is 13.0. The highest BCUT2D eigenvalue weighted by molar-refractivity contribution is 6.15. The maximum absolute atomic E-state index is 13.0. The van der Waals surface area contributed by atoms with Crippen molar-refractivity contribution in [1.82, 2.24) is 4.90 Å². The number of ether oxygens (including phenoxy) is 1. The zero-order chi connectivity index (χ0) is 21.2. The minimum absolute atomic E-state index is 0.0785. The van der Waals surface area contributed by atoms with Gasteiger partial charge < -0.3 is 4.74 Å². The average molecular weight is 410 g/mol. The van der Waals surface area contributed by atoms with Gasteiger partial charge in [-0.05, 0) is 47.9 Å². The van der Waals surface area contributed by atoms with Gasteiger partial charge in [-0.15, -0.1) is 0 Å². The minimum atomic E-state index is -0.437. The predicted octanol–water partition coefficient (Wildman–Crippen LogP) is 5.21. The van der Waals surface area contributed by atoms with Gasteiger partial charge in [0.15, 0.2) is 0 Å². The van der Waals surface area contributed by atoms with Crippen LogP contribution in [0.4, 0.5) is 0 Å². The Balaban J connectivity index is 1.58. The highest BCUT2D eigenvalue weighted by Gasteiger charge is 2.31. The van der Waals surface area contributed by atoms with Gasteiger partial charge in [0.05, 0.1) is 5.56 Å². The van der Waals surface area contributed by atoms with Crippen LogP contribution in [-0.2, 0) is 4.79 Å². The lowest BCUT2D eigenvalue weighted by molar-refractivity contribution is -0.122. The van der Waals surface area contributed by atoms with Gasteiger partial charge in [0, 0.05) is 18.5 Å². The van der Waals surface area contributed by atoms with Crippen LogP contribution in [0.5, 0.6) is 5.75 Å². The van der Waals surface area contributed by atoms with E-state index in [9.17, 15) is 9.59 Å². The lowest BCUT2D eigenvalue weighted by Gasteiger charge is -2.14. The maximum Gasteiger partial charge on any atom is 0.343 e. The Morgan fingerprint density at radius 3 is 2.61 bits per heavy atom. The third kappa shape index (κ3) is 3.75. The van der Waals surface area contributed by atoms with Crippen molar-refractivity contribution in [2.24, 2.45) is 4.99 Å². The summed E-state index contributed by atoms with van der Waals surface area (Å²) in [5.41, 5.74) is 1.55. The molecule has 5 rings (SSSR count). The van der Waals surface area contributed by atoms with Crippen LogP contribution in [0.2, 0.25) is 0 Å². The molecule has 0 atom stereocenters. The molecule has 5 nitrogen and oxygen atoms in total. The molecule has 5 heteroatoms. The summed E-state index contributed by atoms with van der Waals surface area (Å²) in [7, 11) is 0. The van der Waals surface area contributed by atoms with Crippen molar-refractivity contribution in [2.45, 2.75) is 25.7 Å². The molecule has 2 aliphatic heterocycles. The van der Waals surface area contributed by atoms with Gasteiger partial charge in [0.2, 0.25) is 0 Å². The van der Waals surface area contributed by atoms with E-state index in [0.29, 0.717) is 29.1 Å². The fourth-order valence-corrected chi connectivity index (χ4v) is 4.13. The van der Waals surface area contributed by atoms with Crippen LogP contribution in [-0.4, -0.2) is 29.2 Å². The van der Waals surface area contributed by atoms with Gasteiger partial charge in [0.1, 0.15) is 17.3 Å². The number of fused-ring (bicyclic) bond motifs is 2. The molecule has 2 heterocycles. The Morgan fingerprint density at radius 1 is 0.935 bits per heavy atom. The number of amides is 1. The van der Waals surface area contributed by atoms with Crippen LogP contribution < -0.4 is 4.74 Å². The molecule has 0 spiro atoms. The number of esters is 1. The minimum Gasteiger partial charge on any atom is -0.422 e. The Hall–Kier alpha value is -3.73. The standard InChI is InChI=1S/C26H22N2O3/c29-25-22(27-24-13-5-2-8-16-28(24)25)17-21-20-12-7-6-9-18(20)14-15-23(21)31-26(30)19-10-3-1-4-11-19/h1,3-4,6-7,9-12,14-15,17H,2,5,8,13,16H2/b22-17+. The molecule has 0 aliphatic carbocycles. The van der Waals surface area contributed by atoms with Crippen molar-refractivity contribution < 1.29 is 14.3 Å². The van der Waals surface area contributed by atoms with Crippen molar-refractivity contribution in [1.29, 1.82) is 0 Å². The summed E-state index contributed by atoms with van der Waals surface area (Å²) in [4.78, 5) is 32.2. The topological polar surface area (TPSA) is 59.0 Å². The first kappa shape index (κ1) is 19.2. The molecule has 3 aromatic carbocycles. The van der Waals surface area contributed by atoms with E-state index in [1.54, 1.807) is 41.3 Å². The fourth-order valence-electron chi connectivity index (χ4n) is 4.13. The third-order valence-corrected chi connectivity index (χ3v) is 5.73. The van der Waals surface area contributed by atoms with Crippen molar-refractivity contribution in [3.63, 3.8) is 0 Å². The molecule has 1 amide bonds. The normalized spacial score (nSPS) is 17.4. The second kappa shape index (κ2) is 8.19. The summed E-state index contributed by atoms with van der Waals surface area (Å²) in [6.45, 7) is 0.709. The van der Waals surface area contributed by atoms with E-state index >= 15 is 0 Å². The van der Waals surface area contributed by atoms with E-state index in [2.05, 4.69) is 4.99 Å². The summed E-state index contributed by atoms with van der Waals surface area (Å²) < 4.78 is 5.77. The monoisotopic (exact) mass is 410 g/mol. The highest BCUT2D eigenvalue weighted by atomic mass is 16.5. The Labute approximate surface area is 180 Å². The van der Waals surface area contributed by atoms with E-state index in [1.165, 1.54) is 0 Å². The SMILES string of the molecule is O=C(Oc1ccc2ccccc2c1/C=C1/N=C2CCCCCN2C1=O)c1ccccc1. The molecule has 31 heavy (non-hydrogen) atoms. The van der Waals surface area contributed by atoms with E-state index in [-0.39, 0.29) is 5.91 Å². The number of hydrogen-bond donors (Lipinski definition) is 0. The number of carbonyl (C=O) groups is 2. The number of hydrogen-bond acceptors (Lipinski definition) is 4. The molecule has 0 N–H and O–H groups in total. The molecule has 0 radical (unpaired) electrons. The van der Waals surface area contributed by atoms with Crippen LogP contribution in [0.3, 0.4) is 0 Å². The fraction of sp³-hybridized carbons (Fsp3) is 0.192. The largest absolute Gasteiger partial charge is 0.422 e. The van der Waals surface area contributed by atoms with Crippen LogP contribution in [0.1, 0.15) is 41.6 Å². The molecule has 1 saturated heterocycles. The van der Waals surface area contributed by atoms with Gasteiger partial charge in [-0.25, -0.2) is 9.79 Å². The first-order valence-corrected chi connectivity index (χ1v) is 10.6. The lowest BCUT2D eigenvalue weighted by atomic mass is 10.0. The summed E-state index contributed by atoms with van der Waals surface area (Å²) in [6.07, 6.45) is 5.73. The predicted molar refractivity (Wildman–Crippen MR) is 121 cm³/mol. The Morgan fingerprint density at radius 2 is 1.74 bits per heavy atom. The highest BCUT2D eigenvalue weighted by Crippen LogP contribution is 2.33. The summed E-state index contributed by atoms with van der Waals surface area (Å²) >= 11 is 0. The third-order valence-electron chi connectivity index (χ3n) is 5.73. The quantitative estimate of drug-likeness (QED) is 0.338. The zero-order valence-corrected chi connectivity index (χ0v) is 17.1. The molecule has 3 aromatic rings. The smallest absolute Gasteiger partial charge is 0.343 e. The van der Waals surface area contributed by atoms with Crippen LogP contribution in [0, 0.1) is 0 Å². The lowest BCUT2D eigenvalue weighted by Crippen LogP contribution is -2.31. The van der Waals surface area contributed by atoms with Crippen molar-refractivity contribution in [2.75, 3.05) is 6.54 Å². The zero-order valence-electron chi connectivity index (χ0n) is 17.1. The second-order valence-electron chi connectivity index (χ2n) is 7.78. The molecule has 0 saturated carbocycles. The molecular weight excluding hydrogens is 388 g/mol. The van der Waals surface area contributed by atoms with E-state index in [1.807, 2.05) is 36.4 Å². The first-order chi connectivity index (χ1) is 15.2. The summed E-state index contributed by atoms with van der Waals surface area (Å²) in [5, 5.41) is 1.91. The number of aliphatic imine (C=N–C) groups is 1. The average Bonchev–Trinajstić information content (AvgIpc) is 2.96. The van der Waals surface area contributed by atoms with Gasteiger partial charge in [-0.2, -0.15) is 0 Å². The van der Waals surface area contributed by atoms with E-state index in [0.717, 1.165) is 42.3 Å². The number of nitrogens with zero attached hydrogens (tertiary/aromatic N) is 2. The second-order valence-corrected chi connectivity index (χ2v) is 7.78. The van der Waals surface area contributed by atoms with Crippen molar-refractivity contribution in [3.8, 4) is 5.75 Å². The Kier molecular flexibility index (Phi) is 5.08. The van der Waals surface area contributed by atoms with Crippen molar-refractivity contribution in [3.05, 3.63) is 83.6 Å². The molecule has 154 valence electrons. The van der Waals surface area contributed by atoms with E-state index in [4.69, 9.17) is 4.74 Å². The summed E-state index contributed by atoms with van der Waals surface area (Å²) in [5.74, 6) is 0.741. The van der Waals surface area contributed by atoms with Crippen LogP contribution in [0.15, 0.2) is 77.4 Å². The van der Waals surface area contributed by atoms with Gasteiger partial charge in [-0.1, -0.05) is 55.0 Å². The molecule has 0 aromatic heterocycles. The molecule has 0 bridgehead atoms. The van der Waals surface area contributed by atoms with Gasteiger partial charge >= 0.3 is 5.97 Å². The number of amidine groups is 1. The molecular formula is C26H22N2O3. The summed E-state index contributed by atoms with van der Waals surface area (Å²) in [6, 6.07) is 20.4. The number of carbonyl (C=O) groups excluding carboxylic acids is 2. The van der Waals surface area contributed by atoms with Gasteiger partial charge in [0.25, 0.3) is 5.91 Å². The van der Waals surface area contributed by atoms with Gasteiger partial charge in [-0.3, -0.25) is 9.69 Å². The molecule has 1 fully saturated rings. The Bertz CT molecular complexity index is 1230. The molecule has 2 aliphatic rings. The van der Waals surface area contributed by atoms with Crippen molar-refractivity contribution >= 4 is 34.6 Å².